The quantitative estimate of drug-likeness (QED) is 0.802. The molecule has 0 N–H and O–H groups in total. The second kappa shape index (κ2) is 4.09. The minimum Gasteiger partial charge on any atom is -0.228 e. The van der Waals surface area contributed by atoms with Crippen molar-refractivity contribution < 1.29 is 4.39 Å². The molecular weight excluding hydrogens is 279 g/mol. The van der Waals surface area contributed by atoms with E-state index in [4.69, 9.17) is 5.26 Å². The molecule has 2 nitrogen and oxygen atoms in total. The highest BCUT2D eigenvalue weighted by atomic mass is 79.9. The Bertz CT molecular complexity index is 545. The number of nitriles is 1. The van der Waals surface area contributed by atoms with Gasteiger partial charge >= 0.3 is 0 Å². The van der Waals surface area contributed by atoms with Gasteiger partial charge in [-0.2, -0.15) is 5.26 Å². The standard InChI is InChI=1S/C10H4BrFN2S/c11-9-8(5-13)15-10(14-9)6-3-1-2-4-7(6)12/h1-4H. The van der Waals surface area contributed by atoms with E-state index < -0.39 is 0 Å². The smallest absolute Gasteiger partial charge is 0.139 e. The van der Waals surface area contributed by atoms with E-state index in [0.717, 1.165) is 0 Å². The zero-order valence-electron chi connectivity index (χ0n) is 7.37. The van der Waals surface area contributed by atoms with Crippen molar-refractivity contribution in [2.24, 2.45) is 0 Å². The summed E-state index contributed by atoms with van der Waals surface area (Å²) in [5.74, 6) is -0.330. The summed E-state index contributed by atoms with van der Waals surface area (Å²) in [4.78, 5) is 4.54. The number of thiazole rings is 1. The molecule has 0 amide bonds. The normalized spacial score (nSPS) is 9.93. The van der Waals surface area contributed by atoms with Gasteiger partial charge in [-0.15, -0.1) is 11.3 Å². The van der Waals surface area contributed by atoms with Gasteiger partial charge in [-0.25, -0.2) is 9.37 Å². The van der Waals surface area contributed by atoms with Crippen LogP contribution in [-0.2, 0) is 0 Å². The van der Waals surface area contributed by atoms with Crippen LogP contribution in [0.25, 0.3) is 10.6 Å². The van der Waals surface area contributed by atoms with Crippen LogP contribution in [0.1, 0.15) is 4.88 Å². The van der Waals surface area contributed by atoms with E-state index in [1.165, 1.54) is 17.4 Å². The van der Waals surface area contributed by atoms with Crippen LogP contribution in [0, 0.1) is 17.1 Å². The molecule has 74 valence electrons. The predicted molar refractivity (Wildman–Crippen MR) is 59.9 cm³/mol. The van der Waals surface area contributed by atoms with E-state index in [0.29, 0.717) is 20.1 Å². The Balaban J connectivity index is 2.56. The summed E-state index contributed by atoms with van der Waals surface area (Å²) in [6.45, 7) is 0. The van der Waals surface area contributed by atoms with Crippen LogP contribution in [0.5, 0.6) is 0 Å². The van der Waals surface area contributed by atoms with Crippen LogP contribution in [0.4, 0.5) is 4.39 Å². The molecule has 5 heteroatoms. The molecule has 1 aromatic carbocycles. The molecule has 0 aliphatic carbocycles. The van der Waals surface area contributed by atoms with E-state index in [9.17, 15) is 4.39 Å². The average Bonchev–Trinajstić information content (AvgIpc) is 2.60. The SMILES string of the molecule is N#Cc1sc(-c2ccccc2F)nc1Br. The van der Waals surface area contributed by atoms with Gasteiger partial charge in [0, 0.05) is 5.56 Å². The highest BCUT2D eigenvalue weighted by Gasteiger charge is 2.12. The lowest BCUT2D eigenvalue weighted by atomic mass is 10.2. The highest BCUT2D eigenvalue weighted by Crippen LogP contribution is 2.31. The lowest BCUT2D eigenvalue weighted by Crippen LogP contribution is -1.81. The van der Waals surface area contributed by atoms with Crippen LogP contribution in [-0.4, -0.2) is 4.98 Å². The first-order valence-corrected chi connectivity index (χ1v) is 5.64. The molecule has 0 saturated carbocycles. The minimum absolute atomic E-state index is 0.330. The van der Waals surface area contributed by atoms with Crippen molar-refractivity contribution in [3.63, 3.8) is 0 Å². The molecule has 2 aromatic rings. The molecule has 0 radical (unpaired) electrons. The Morgan fingerprint density at radius 1 is 1.40 bits per heavy atom. The number of aromatic nitrogens is 1. The molecule has 0 aliphatic rings. The molecule has 1 heterocycles. The van der Waals surface area contributed by atoms with Crippen molar-refractivity contribution in [2.45, 2.75) is 0 Å². The Morgan fingerprint density at radius 3 is 2.73 bits per heavy atom. The second-order valence-electron chi connectivity index (χ2n) is 2.73. The van der Waals surface area contributed by atoms with Gasteiger partial charge in [0.15, 0.2) is 0 Å². The van der Waals surface area contributed by atoms with Gasteiger partial charge in [0.05, 0.1) is 0 Å². The van der Waals surface area contributed by atoms with Crippen molar-refractivity contribution in [3.05, 3.63) is 39.6 Å². The third kappa shape index (κ3) is 1.91. The van der Waals surface area contributed by atoms with Crippen LogP contribution in [0.2, 0.25) is 0 Å². The van der Waals surface area contributed by atoms with Gasteiger partial charge in [-0.1, -0.05) is 12.1 Å². The molecule has 0 aliphatic heterocycles. The zero-order valence-corrected chi connectivity index (χ0v) is 9.77. The Labute approximate surface area is 98.1 Å². The van der Waals surface area contributed by atoms with Gasteiger partial charge in [0.2, 0.25) is 0 Å². The van der Waals surface area contributed by atoms with E-state index >= 15 is 0 Å². The molecule has 2 rings (SSSR count). The number of benzene rings is 1. The summed E-state index contributed by atoms with van der Waals surface area (Å²) in [7, 11) is 0. The van der Waals surface area contributed by atoms with Crippen LogP contribution < -0.4 is 0 Å². The predicted octanol–water partition coefficient (Wildman–Crippen LogP) is 3.58. The number of rotatable bonds is 1. The number of hydrogen-bond donors (Lipinski definition) is 0. The van der Waals surface area contributed by atoms with Crippen LogP contribution in [0.3, 0.4) is 0 Å². The van der Waals surface area contributed by atoms with Gasteiger partial charge < -0.3 is 0 Å². The maximum Gasteiger partial charge on any atom is 0.139 e. The Kier molecular flexibility index (Phi) is 2.80. The van der Waals surface area contributed by atoms with Gasteiger partial charge in [0.1, 0.15) is 26.4 Å². The highest BCUT2D eigenvalue weighted by molar-refractivity contribution is 9.10. The fourth-order valence-corrected chi connectivity index (χ4v) is 2.53. The maximum atomic E-state index is 13.4. The van der Waals surface area contributed by atoms with E-state index in [-0.39, 0.29) is 5.82 Å². The fourth-order valence-electron chi connectivity index (χ4n) is 1.12. The van der Waals surface area contributed by atoms with Crippen molar-refractivity contribution in [3.8, 4) is 16.6 Å². The zero-order chi connectivity index (χ0) is 10.8. The molecule has 0 saturated heterocycles. The molecule has 15 heavy (non-hydrogen) atoms. The molecule has 0 fully saturated rings. The average molecular weight is 283 g/mol. The largest absolute Gasteiger partial charge is 0.228 e. The van der Waals surface area contributed by atoms with Gasteiger partial charge in [-0.05, 0) is 28.1 Å². The molecule has 1 aromatic heterocycles. The number of nitrogens with zero attached hydrogens (tertiary/aromatic N) is 2. The summed E-state index contributed by atoms with van der Waals surface area (Å²) < 4.78 is 13.9. The van der Waals surface area contributed by atoms with E-state index in [1.54, 1.807) is 18.2 Å². The fraction of sp³-hybridized carbons (Fsp3) is 0. The summed E-state index contributed by atoms with van der Waals surface area (Å²) in [5.41, 5.74) is 0.421. The lowest BCUT2D eigenvalue weighted by molar-refractivity contribution is 0.631. The van der Waals surface area contributed by atoms with Crippen molar-refractivity contribution in [1.29, 1.82) is 5.26 Å². The Morgan fingerprint density at radius 2 is 2.13 bits per heavy atom. The monoisotopic (exact) mass is 282 g/mol. The van der Waals surface area contributed by atoms with Gasteiger partial charge in [-0.3, -0.25) is 0 Å². The summed E-state index contributed by atoms with van der Waals surface area (Å²) in [6, 6.07) is 8.36. The summed E-state index contributed by atoms with van der Waals surface area (Å²) >= 11 is 4.32. The topological polar surface area (TPSA) is 36.7 Å². The molecule has 0 unspecified atom stereocenters. The molecule has 0 bridgehead atoms. The minimum atomic E-state index is -0.330. The first kappa shape index (κ1) is 10.3. The first-order valence-electron chi connectivity index (χ1n) is 4.03. The number of hydrogen-bond acceptors (Lipinski definition) is 3. The molecule has 0 atom stereocenters. The Hall–Kier alpha value is -1.25. The van der Waals surface area contributed by atoms with Crippen molar-refractivity contribution >= 4 is 27.3 Å². The third-order valence-electron chi connectivity index (χ3n) is 1.79. The van der Waals surface area contributed by atoms with Crippen LogP contribution >= 0.6 is 27.3 Å². The van der Waals surface area contributed by atoms with Crippen LogP contribution in [0.15, 0.2) is 28.9 Å². The lowest BCUT2D eigenvalue weighted by Gasteiger charge is -1.96. The maximum absolute atomic E-state index is 13.4. The first-order chi connectivity index (χ1) is 7.22. The number of halogens is 2. The summed E-state index contributed by atoms with van der Waals surface area (Å²) in [6.07, 6.45) is 0. The van der Waals surface area contributed by atoms with E-state index in [2.05, 4.69) is 20.9 Å². The molecular formula is C10H4BrFN2S. The third-order valence-corrected chi connectivity index (χ3v) is 3.62. The molecule has 0 spiro atoms. The van der Waals surface area contributed by atoms with Gasteiger partial charge in [0.25, 0.3) is 0 Å². The van der Waals surface area contributed by atoms with E-state index in [1.807, 2.05) is 6.07 Å². The second-order valence-corrected chi connectivity index (χ2v) is 4.48. The van der Waals surface area contributed by atoms with Crippen molar-refractivity contribution in [1.82, 2.24) is 4.98 Å². The van der Waals surface area contributed by atoms with Crippen molar-refractivity contribution in [2.75, 3.05) is 0 Å². The summed E-state index contributed by atoms with van der Waals surface area (Å²) in [5, 5.41) is 9.26.